The molecule has 1 nitrogen and oxygen atoms in total. The molecule has 0 fully saturated rings. The van der Waals surface area contributed by atoms with E-state index in [1.165, 1.54) is 11.3 Å². The van der Waals surface area contributed by atoms with Gasteiger partial charge in [0.1, 0.15) is 0 Å². The Morgan fingerprint density at radius 1 is 0.941 bits per heavy atom. The fourth-order valence-electron chi connectivity index (χ4n) is 1.97. The molecule has 0 saturated heterocycles. The quantitative estimate of drug-likeness (QED) is 0.800. The average Bonchev–Trinajstić information content (AvgIpc) is 2.42. The minimum absolute atomic E-state index is 0.307. The molecule has 0 N–H and O–H groups in total. The van der Waals surface area contributed by atoms with E-state index in [0.717, 1.165) is 5.75 Å². The van der Waals surface area contributed by atoms with Gasteiger partial charge in [0.15, 0.2) is 0 Å². The molecule has 88 valence electrons. The van der Waals surface area contributed by atoms with Crippen LogP contribution in [0.3, 0.4) is 0 Å². The van der Waals surface area contributed by atoms with Crippen LogP contribution in [-0.2, 0) is 0 Å². The van der Waals surface area contributed by atoms with Crippen molar-refractivity contribution in [2.24, 2.45) is 0 Å². The summed E-state index contributed by atoms with van der Waals surface area (Å²) in [4.78, 5) is 2.27. The first kappa shape index (κ1) is 12.1. The fraction of sp³-hybridized carbons (Fsp3) is 0.200. The van der Waals surface area contributed by atoms with Gasteiger partial charge in [-0.15, -0.1) is 0 Å². The number of nitrogens with zero attached hydrogens (tertiary/aromatic N) is 1. The van der Waals surface area contributed by atoms with Crippen LogP contribution < -0.4 is 4.90 Å². The Bertz CT molecular complexity index is 441. The van der Waals surface area contributed by atoms with Crippen LogP contribution in [0.5, 0.6) is 0 Å². The van der Waals surface area contributed by atoms with Gasteiger partial charge >= 0.3 is 0 Å². The summed E-state index contributed by atoms with van der Waals surface area (Å²) in [6.45, 7) is 0. The van der Waals surface area contributed by atoms with Crippen LogP contribution in [0, 0.1) is 0 Å². The summed E-state index contributed by atoms with van der Waals surface area (Å²) in [5, 5.41) is 0. The van der Waals surface area contributed by atoms with Crippen molar-refractivity contribution >= 4 is 18.3 Å². The maximum Gasteiger partial charge on any atom is 0.0627 e. The summed E-state index contributed by atoms with van der Waals surface area (Å²) in [5.74, 6) is 0.801. The monoisotopic (exact) mass is 243 g/mol. The van der Waals surface area contributed by atoms with E-state index in [1.807, 2.05) is 12.1 Å². The summed E-state index contributed by atoms with van der Waals surface area (Å²) in [6, 6.07) is 21.2. The van der Waals surface area contributed by atoms with Crippen molar-refractivity contribution in [2.75, 3.05) is 17.7 Å². The zero-order valence-corrected chi connectivity index (χ0v) is 10.8. The lowest BCUT2D eigenvalue weighted by Crippen LogP contribution is -2.25. The molecule has 2 rings (SSSR count). The maximum absolute atomic E-state index is 4.47. The highest BCUT2D eigenvalue weighted by Gasteiger charge is 2.15. The first-order chi connectivity index (χ1) is 8.33. The molecule has 0 bridgehead atoms. The van der Waals surface area contributed by atoms with E-state index in [9.17, 15) is 0 Å². The third kappa shape index (κ3) is 2.83. The SMILES string of the molecule is CN(c1ccccc1)[C@@H](CS)c1ccccc1. The van der Waals surface area contributed by atoms with Crippen molar-refractivity contribution < 1.29 is 0 Å². The Morgan fingerprint density at radius 3 is 2.00 bits per heavy atom. The summed E-state index contributed by atoms with van der Waals surface area (Å²) >= 11 is 4.47. The normalized spacial score (nSPS) is 12.1. The van der Waals surface area contributed by atoms with Crippen LogP contribution in [0.2, 0.25) is 0 Å². The molecule has 2 heteroatoms. The van der Waals surface area contributed by atoms with Crippen molar-refractivity contribution in [3.05, 3.63) is 66.2 Å². The van der Waals surface area contributed by atoms with Crippen LogP contribution in [0.15, 0.2) is 60.7 Å². The molecular weight excluding hydrogens is 226 g/mol. The number of benzene rings is 2. The summed E-state index contributed by atoms with van der Waals surface area (Å²) < 4.78 is 0. The van der Waals surface area contributed by atoms with Gasteiger partial charge in [0.05, 0.1) is 6.04 Å². The third-order valence-electron chi connectivity index (χ3n) is 2.99. The number of thiol groups is 1. The van der Waals surface area contributed by atoms with Gasteiger partial charge in [-0.1, -0.05) is 48.5 Å². The van der Waals surface area contributed by atoms with Crippen LogP contribution in [0.1, 0.15) is 11.6 Å². The Morgan fingerprint density at radius 2 is 1.47 bits per heavy atom. The summed E-state index contributed by atoms with van der Waals surface area (Å²) in [5.41, 5.74) is 2.52. The lowest BCUT2D eigenvalue weighted by Gasteiger charge is -2.29. The molecule has 2 aromatic rings. The molecule has 2 aromatic carbocycles. The molecule has 0 aromatic heterocycles. The first-order valence-corrected chi connectivity index (χ1v) is 6.40. The standard InChI is InChI=1S/C15H17NS/c1-16(14-10-6-3-7-11-14)15(12-17)13-8-4-2-5-9-13/h2-11,15,17H,12H2,1H3/t15-/m0/s1. The molecular formula is C15H17NS. The highest BCUT2D eigenvalue weighted by Crippen LogP contribution is 2.26. The summed E-state index contributed by atoms with van der Waals surface area (Å²) in [7, 11) is 2.11. The molecule has 0 spiro atoms. The van der Waals surface area contributed by atoms with Crippen LogP contribution >= 0.6 is 12.6 Å². The van der Waals surface area contributed by atoms with E-state index in [0.29, 0.717) is 6.04 Å². The predicted octanol–water partition coefficient (Wildman–Crippen LogP) is 3.79. The number of hydrogen-bond donors (Lipinski definition) is 1. The Labute approximate surface area is 108 Å². The van der Waals surface area contributed by atoms with Crippen molar-refractivity contribution in [1.82, 2.24) is 0 Å². The van der Waals surface area contributed by atoms with Crippen molar-refractivity contribution in [2.45, 2.75) is 6.04 Å². The van der Waals surface area contributed by atoms with Gasteiger partial charge in [0.2, 0.25) is 0 Å². The van der Waals surface area contributed by atoms with Crippen molar-refractivity contribution in [3.8, 4) is 0 Å². The molecule has 0 heterocycles. The fourth-order valence-corrected chi connectivity index (χ4v) is 2.43. The third-order valence-corrected chi connectivity index (χ3v) is 3.33. The lowest BCUT2D eigenvalue weighted by molar-refractivity contribution is 0.752. The van der Waals surface area contributed by atoms with E-state index >= 15 is 0 Å². The number of hydrogen-bond acceptors (Lipinski definition) is 2. The molecule has 1 atom stereocenters. The van der Waals surface area contributed by atoms with E-state index in [1.54, 1.807) is 0 Å². The highest BCUT2D eigenvalue weighted by molar-refractivity contribution is 7.80. The molecule has 0 amide bonds. The zero-order chi connectivity index (χ0) is 12.1. The minimum atomic E-state index is 0.307. The Hall–Kier alpha value is -1.41. The highest BCUT2D eigenvalue weighted by atomic mass is 32.1. The second kappa shape index (κ2) is 5.78. The predicted molar refractivity (Wildman–Crippen MR) is 77.9 cm³/mol. The van der Waals surface area contributed by atoms with Crippen molar-refractivity contribution in [3.63, 3.8) is 0 Å². The topological polar surface area (TPSA) is 3.24 Å². The number of rotatable bonds is 4. The maximum atomic E-state index is 4.47. The number of anilines is 1. The molecule has 0 saturated carbocycles. The Kier molecular flexibility index (Phi) is 4.10. The Balaban J connectivity index is 2.25. The van der Waals surface area contributed by atoms with Gasteiger partial charge in [-0.05, 0) is 17.7 Å². The molecule has 0 aliphatic rings. The first-order valence-electron chi connectivity index (χ1n) is 5.76. The average molecular weight is 243 g/mol. The molecule has 17 heavy (non-hydrogen) atoms. The van der Waals surface area contributed by atoms with Gasteiger partial charge in [0.25, 0.3) is 0 Å². The lowest BCUT2D eigenvalue weighted by atomic mass is 10.1. The van der Waals surface area contributed by atoms with E-state index in [2.05, 4.69) is 73.1 Å². The van der Waals surface area contributed by atoms with Crippen LogP contribution in [0.4, 0.5) is 5.69 Å². The van der Waals surface area contributed by atoms with Crippen LogP contribution in [0.25, 0.3) is 0 Å². The van der Waals surface area contributed by atoms with Crippen molar-refractivity contribution in [1.29, 1.82) is 0 Å². The van der Waals surface area contributed by atoms with E-state index in [-0.39, 0.29) is 0 Å². The molecule has 0 aliphatic heterocycles. The zero-order valence-electron chi connectivity index (χ0n) is 9.95. The van der Waals surface area contributed by atoms with Gasteiger partial charge in [-0.2, -0.15) is 12.6 Å². The van der Waals surface area contributed by atoms with E-state index < -0.39 is 0 Å². The molecule has 0 radical (unpaired) electrons. The largest absolute Gasteiger partial charge is 0.367 e. The number of para-hydroxylation sites is 1. The second-order valence-electron chi connectivity index (χ2n) is 4.06. The molecule has 0 unspecified atom stereocenters. The molecule has 0 aliphatic carbocycles. The van der Waals surface area contributed by atoms with Gasteiger partial charge < -0.3 is 4.90 Å². The van der Waals surface area contributed by atoms with Gasteiger partial charge in [0, 0.05) is 18.5 Å². The van der Waals surface area contributed by atoms with Gasteiger partial charge in [-0.3, -0.25) is 0 Å². The van der Waals surface area contributed by atoms with E-state index in [4.69, 9.17) is 0 Å². The summed E-state index contributed by atoms with van der Waals surface area (Å²) in [6.07, 6.45) is 0. The van der Waals surface area contributed by atoms with Gasteiger partial charge in [-0.25, -0.2) is 0 Å². The minimum Gasteiger partial charge on any atom is -0.367 e. The second-order valence-corrected chi connectivity index (χ2v) is 4.42. The smallest absolute Gasteiger partial charge is 0.0627 e. The van der Waals surface area contributed by atoms with Crippen LogP contribution in [-0.4, -0.2) is 12.8 Å².